The lowest BCUT2D eigenvalue weighted by atomic mass is 10.00. The predicted molar refractivity (Wildman–Crippen MR) is 123 cm³/mol. The summed E-state index contributed by atoms with van der Waals surface area (Å²) in [6.45, 7) is 0.977. The van der Waals surface area contributed by atoms with E-state index >= 15 is 0 Å². The predicted octanol–water partition coefficient (Wildman–Crippen LogP) is 3.78. The Hall–Kier alpha value is -3.58. The van der Waals surface area contributed by atoms with Crippen LogP contribution in [0.3, 0.4) is 0 Å². The SMILES string of the molecule is O=C(CN1c2cccc3cccc(c23)S1(=O)=O)N1CCn2cccc2C1c1ccccc1. The molecule has 3 heterocycles. The van der Waals surface area contributed by atoms with E-state index in [1.165, 1.54) is 4.31 Å². The lowest BCUT2D eigenvalue weighted by Gasteiger charge is -2.38. The Labute approximate surface area is 186 Å². The van der Waals surface area contributed by atoms with Gasteiger partial charge in [0, 0.05) is 30.4 Å². The molecule has 1 atom stereocenters. The third-order valence-corrected chi connectivity index (χ3v) is 8.24. The van der Waals surface area contributed by atoms with Gasteiger partial charge in [-0.05, 0) is 35.2 Å². The van der Waals surface area contributed by atoms with Gasteiger partial charge >= 0.3 is 0 Å². The summed E-state index contributed by atoms with van der Waals surface area (Å²) in [6.07, 6.45) is 2.02. The van der Waals surface area contributed by atoms with Gasteiger partial charge in [-0.15, -0.1) is 0 Å². The van der Waals surface area contributed by atoms with Crippen LogP contribution in [0.15, 0.2) is 90.0 Å². The summed E-state index contributed by atoms with van der Waals surface area (Å²) in [6, 6.07) is 24.4. The molecule has 0 radical (unpaired) electrons. The molecule has 0 bridgehead atoms. The molecule has 6 rings (SSSR count). The van der Waals surface area contributed by atoms with Gasteiger partial charge in [0.1, 0.15) is 6.54 Å². The molecule has 0 aliphatic carbocycles. The molecule has 32 heavy (non-hydrogen) atoms. The first-order valence-electron chi connectivity index (χ1n) is 10.6. The number of amides is 1. The Morgan fingerprint density at radius 3 is 2.47 bits per heavy atom. The maximum absolute atomic E-state index is 13.6. The van der Waals surface area contributed by atoms with Crippen molar-refractivity contribution >= 4 is 32.4 Å². The van der Waals surface area contributed by atoms with E-state index in [1.807, 2.05) is 71.8 Å². The zero-order chi connectivity index (χ0) is 21.9. The molecule has 6 nitrogen and oxygen atoms in total. The van der Waals surface area contributed by atoms with Crippen molar-refractivity contribution in [3.63, 3.8) is 0 Å². The average molecular weight is 444 g/mol. The van der Waals surface area contributed by atoms with Crippen LogP contribution >= 0.6 is 0 Å². The fourth-order valence-electron chi connectivity index (χ4n) is 4.98. The molecular formula is C25H21N3O3S. The van der Waals surface area contributed by atoms with E-state index < -0.39 is 10.0 Å². The molecule has 0 fully saturated rings. The molecule has 7 heteroatoms. The number of aromatic nitrogens is 1. The number of hydrogen-bond donors (Lipinski definition) is 0. The summed E-state index contributed by atoms with van der Waals surface area (Å²) in [4.78, 5) is 15.7. The summed E-state index contributed by atoms with van der Waals surface area (Å²) < 4.78 is 30.1. The Bertz CT molecular complexity index is 1460. The van der Waals surface area contributed by atoms with Gasteiger partial charge in [-0.2, -0.15) is 0 Å². The van der Waals surface area contributed by atoms with Crippen LogP contribution in [0.25, 0.3) is 10.8 Å². The molecular weight excluding hydrogens is 422 g/mol. The average Bonchev–Trinajstić information content (AvgIpc) is 3.37. The lowest BCUT2D eigenvalue weighted by molar-refractivity contribution is -0.132. The third kappa shape index (κ3) is 2.71. The molecule has 0 N–H and O–H groups in total. The van der Waals surface area contributed by atoms with E-state index in [-0.39, 0.29) is 23.4 Å². The molecule has 2 aliphatic rings. The highest BCUT2D eigenvalue weighted by Crippen LogP contribution is 2.42. The van der Waals surface area contributed by atoms with Gasteiger partial charge in [-0.25, -0.2) is 8.42 Å². The summed E-state index contributed by atoms with van der Waals surface area (Å²) in [5, 5.41) is 1.55. The van der Waals surface area contributed by atoms with Gasteiger partial charge in [-0.3, -0.25) is 9.10 Å². The first-order chi connectivity index (χ1) is 15.6. The number of rotatable bonds is 3. The van der Waals surface area contributed by atoms with Gasteiger partial charge in [0.05, 0.1) is 16.6 Å². The van der Waals surface area contributed by atoms with Crippen LogP contribution in [0.4, 0.5) is 5.69 Å². The maximum Gasteiger partial charge on any atom is 0.265 e. The number of carbonyl (C=O) groups is 1. The van der Waals surface area contributed by atoms with E-state index in [1.54, 1.807) is 18.2 Å². The molecule has 1 amide bonds. The number of sulfonamides is 1. The molecule has 2 aliphatic heterocycles. The highest BCUT2D eigenvalue weighted by Gasteiger charge is 2.39. The fourth-order valence-corrected chi connectivity index (χ4v) is 6.64. The zero-order valence-corrected chi connectivity index (χ0v) is 18.1. The van der Waals surface area contributed by atoms with Crippen LogP contribution in [0.5, 0.6) is 0 Å². The number of anilines is 1. The van der Waals surface area contributed by atoms with Gasteiger partial charge in [0.2, 0.25) is 5.91 Å². The number of benzene rings is 3. The van der Waals surface area contributed by atoms with Crippen molar-refractivity contribution in [2.45, 2.75) is 17.5 Å². The highest BCUT2D eigenvalue weighted by atomic mass is 32.2. The quantitative estimate of drug-likeness (QED) is 0.484. The smallest absolute Gasteiger partial charge is 0.265 e. The second kappa shape index (κ2) is 6.97. The van der Waals surface area contributed by atoms with Crippen molar-refractivity contribution in [3.05, 3.63) is 96.3 Å². The van der Waals surface area contributed by atoms with Crippen LogP contribution in [0, 0.1) is 0 Å². The van der Waals surface area contributed by atoms with Crippen molar-refractivity contribution in [1.82, 2.24) is 9.47 Å². The lowest BCUT2D eigenvalue weighted by Crippen LogP contribution is -2.47. The standard InChI is InChI=1S/C25H21N3O3S/c29-23(17-28-20-11-4-9-18-10-5-13-22(24(18)20)32(28,30)31)27-16-15-26-14-6-12-21(26)25(27)19-7-2-1-3-8-19/h1-14,25H,15-17H2. The molecule has 160 valence electrons. The fraction of sp³-hybridized carbons (Fsp3) is 0.160. The minimum atomic E-state index is -3.78. The van der Waals surface area contributed by atoms with Gasteiger partial charge in [-0.1, -0.05) is 54.6 Å². The van der Waals surface area contributed by atoms with Gasteiger partial charge in [0.25, 0.3) is 10.0 Å². The van der Waals surface area contributed by atoms with Crippen molar-refractivity contribution in [3.8, 4) is 0 Å². The molecule has 3 aromatic carbocycles. The summed E-state index contributed by atoms with van der Waals surface area (Å²) in [7, 11) is -3.78. The minimum absolute atomic E-state index is 0.209. The van der Waals surface area contributed by atoms with Crippen molar-refractivity contribution in [2.24, 2.45) is 0 Å². The second-order valence-corrected chi connectivity index (χ2v) is 10.0. The van der Waals surface area contributed by atoms with E-state index in [2.05, 4.69) is 4.57 Å². The normalized spacial score (nSPS) is 18.7. The van der Waals surface area contributed by atoms with Crippen molar-refractivity contribution < 1.29 is 13.2 Å². The Kier molecular flexibility index (Phi) is 4.16. The Morgan fingerprint density at radius 1 is 0.875 bits per heavy atom. The van der Waals surface area contributed by atoms with Crippen molar-refractivity contribution in [2.75, 3.05) is 17.4 Å². The van der Waals surface area contributed by atoms with E-state index in [0.29, 0.717) is 24.2 Å². The molecule has 1 aromatic heterocycles. The number of nitrogens with zero attached hydrogens (tertiary/aromatic N) is 3. The maximum atomic E-state index is 13.6. The van der Waals surface area contributed by atoms with Gasteiger partial charge < -0.3 is 9.47 Å². The summed E-state index contributed by atoms with van der Waals surface area (Å²) in [5.41, 5.74) is 2.61. The Morgan fingerprint density at radius 2 is 1.66 bits per heavy atom. The molecule has 1 unspecified atom stereocenters. The monoisotopic (exact) mass is 443 g/mol. The highest BCUT2D eigenvalue weighted by molar-refractivity contribution is 7.93. The van der Waals surface area contributed by atoms with Crippen LogP contribution in [-0.2, 0) is 21.4 Å². The zero-order valence-electron chi connectivity index (χ0n) is 17.3. The number of hydrogen-bond acceptors (Lipinski definition) is 3. The summed E-state index contributed by atoms with van der Waals surface area (Å²) >= 11 is 0. The Balaban J connectivity index is 1.39. The van der Waals surface area contributed by atoms with E-state index in [9.17, 15) is 13.2 Å². The van der Waals surface area contributed by atoms with E-state index in [0.717, 1.165) is 16.6 Å². The van der Waals surface area contributed by atoms with Crippen molar-refractivity contribution in [1.29, 1.82) is 0 Å². The summed E-state index contributed by atoms with van der Waals surface area (Å²) in [5.74, 6) is -0.209. The number of carbonyl (C=O) groups excluding carboxylic acids is 1. The van der Waals surface area contributed by atoms with Crippen LogP contribution in [0.2, 0.25) is 0 Å². The molecule has 0 saturated heterocycles. The first kappa shape index (κ1) is 19.1. The number of fused-ring (bicyclic) bond motifs is 1. The third-order valence-electron chi connectivity index (χ3n) is 6.43. The van der Waals surface area contributed by atoms with E-state index in [4.69, 9.17) is 0 Å². The van der Waals surface area contributed by atoms with Crippen LogP contribution in [-0.4, -0.2) is 36.9 Å². The van der Waals surface area contributed by atoms with Crippen LogP contribution < -0.4 is 4.31 Å². The minimum Gasteiger partial charge on any atom is -0.348 e. The molecule has 0 spiro atoms. The first-order valence-corrected chi connectivity index (χ1v) is 12.0. The topological polar surface area (TPSA) is 62.6 Å². The largest absolute Gasteiger partial charge is 0.348 e. The molecule has 0 saturated carbocycles. The second-order valence-electron chi connectivity index (χ2n) is 8.17. The van der Waals surface area contributed by atoms with Gasteiger partial charge in [0.15, 0.2) is 0 Å². The molecule has 4 aromatic rings. The van der Waals surface area contributed by atoms with Crippen LogP contribution in [0.1, 0.15) is 17.3 Å².